The van der Waals surface area contributed by atoms with E-state index in [-0.39, 0.29) is 17.9 Å². The zero-order valence-corrected chi connectivity index (χ0v) is 12.4. The minimum absolute atomic E-state index is 0.156. The standard InChI is InChI=1S/C15H29N3O/c1-11-5-7-18(8-6-11)12(2)10-17-15(19)13-3-4-14(16)9-13/h11-14H,3-10,16H2,1-2H3,(H,17,19). The number of likely N-dealkylation sites (tertiary alicyclic amines) is 1. The lowest BCUT2D eigenvalue weighted by Gasteiger charge is -2.35. The average molecular weight is 267 g/mol. The fourth-order valence-electron chi connectivity index (χ4n) is 3.25. The fourth-order valence-corrected chi connectivity index (χ4v) is 3.25. The highest BCUT2D eigenvalue weighted by molar-refractivity contribution is 5.79. The van der Waals surface area contributed by atoms with Crippen LogP contribution in [0.4, 0.5) is 0 Å². The Morgan fingerprint density at radius 3 is 2.58 bits per heavy atom. The summed E-state index contributed by atoms with van der Waals surface area (Å²) in [5.74, 6) is 1.23. The van der Waals surface area contributed by atoms with Gasteiger partial charge in [0.25, 0.3) is 0 Å². The van der Waals surface area contributed by atoms with E-state index in [9.17, 15) is 4.79 Å². The van der Waals surface area contributed by atoms with Gasteiger partial charge in [-0.1, -0.05) is 6.92 Å². The molecule has 3 unspecified atom stereocenters. The van der Waals surface area contributed by atoms with E-state index in [1.807, 2.05) is 0 Å². The van der Waals surface area contributed by atoms with Crippen LogP contribution in [0.15, 0.2) is 0 Å². The van der Waals surface area contributed by atoms with Crippen molar-refractivity contribution in [1.29, 1.82) is 0 Å². The first-order valence-corrected chi connectivity index (χ1v) is 7.83. The molecule has 1 saturated heterocycles. The molecule has 4 nitrogen and oxygen atoms in total. The number of nitrogens with two attached hydrogens (primary N) is 1. The summed E-state index contributed by atoms with van der Waals surface area (Å²) >= 11 is 0. The molecule has 0 aromatic heterocycles. The van der Waals surface area contributed by atoms with Crippen LogP contribution in [0.3, 0.4) is 0 Å². The largest absolute Gasteiger partial charge is 0.354 e. The molecule has 2 fully saturated rings. The van der Waals surface area contributed by atoms with Gasteiger partial charge in [0.05, 0.1) is 0 Å². The summed E-state index contributed by atoms with van der Waals surface area (Å²) in [4.78, 5) is 14.5. The van der Waals surface area contributed by atoms with Crippen molar-refractivity contribution in [1.82, 2.24) is 10.2 Å². The van der Waals surface area contributed by atoms with Gasteiger partial charge in [-0.05, 0) is 58.0 Å². The minimum Gasteiger partial charge on any atom is -0.354 e. The van der Waals surface area contributed by atoms with Gasteiger partial charge < -0.3 is 11.1 Å². The Kier molecular flexibility index (Phi) is 5.22. The smallest absolute Gasteiger partial charge is 0.223 e. The van der Waals surface area contributed by atoms with Gasteiger partial charge in [0.2, 0.25) is 5.91 Å². The van der Waals surface area contributed by atoms with E-state index < -0.39 is 0 Å². The fraction of sp³-hybridized carbons (Fsp3) is 0.933. The number of nitrogens with zero attached hydrogens (tertiary/aromatic N) is 1. The van der Waals surface area contributed by atoms with E-state index >= 15 is 0 Å². The molecule has 110 valence electrons. The summed E-state index contributed by atoms with van der Waals surface area (Å²) in [5, 5.41) is 3.12. The Bertz CT molecular complexity index is 300. The number of amides is 1. The molecule has 2 rings (SSSR count). The van der Waals surface area contributed by atoms with Crippen LogP contribution in [0.2, 0.25) is 0 Å². The van der Waals surface area contributed by atoms with Crippen molar-refractivity contribution in [3.05, 3.63) is 0 Å². The van der Waals surface area contributed by atoms with Gasteiger partial charge in [-0.3, -0.25) is 9.69 Å². The Morgan fingerprint density at radius 2 is 2.00 bits per heavy atom. The van der Waals surface area contributed by atoms with Gasteiger partial charge in [-0.25, -0.2) is 0 Å². The third-order valence-electron chi connectivity index (χ3n) is 4.86. The quantitative estimate of drug-likeness (QED) is 0.808. The molecule has 1 aliphatic carbocycles. The van der Waals surface area contributed by atoms with E-state index in [1.54, 1.807) is 0 Å². The number of hydrogen-bond donors (Lipinski definition) is 2. The summed E-state index contributed by atoms with van der Waals surface area (Å²) < 4.78 is 0. The third-order valence-corrected chi connectivity index (χ3v) is 4.86. The van der Waals surface area contributed by atoms with Crippen LogP contribution in [-0.2, 0) is 4.79 Å². The highest BCUT2D eigenvalue weighted by Crippen LogP contribution is 2.24. The van der Waals surface area contributed by atoms with Crippen molar-refractivity contribution in [3.63, 3.8) is 0 Å². The van der Waals surface area contributed by atoms with Gasteiger partial charge >= 0.3 is 0 Å². The van der Waals surface area contributed by atoms with Crippen LogP contribution in [0.5, 0.6) is 0 Å². The molecule has 4 heteroatoms. The van der Waals surface area contributed by atoms with Crippen LogP contribution >= 0.6 is 0 Å². The molecule has 0 aromatic rings. The normalized spacial score (nSPS) is 31.3. The minimum atomic E-state index is 0.156. The van der Waals surface area contributed by atoms with E-state index in [2.05, 4.69) is 24.1 Å². The predicted molar refractivity (Wildman–Crippen MR) is 77.8 cm³/mol. The van der Waals surface area contributed by atoms with E-state index in [1.165, 1.54) is 25.9 Å². The molecule has 0 radical (unpaired) electrons. The van der Waals surface area contributed by atoms with Gasteiger partial charge in [0, 0.05) is 24.5 Å². The van der Waals surface area contributed by atoms with Gasteiger partial charge in [-0.15, -0.1) is 0 Å². The molecule has 1 heterocycles. The molecule has 19 heavy (non-hydrogen) atoms. The Balaban J connectivity index is 1.68. The van der Waals surface area contributed by atoms with Crippen molar-refractivity contribution in [2.24, 2.45) is 17.6 Å². The van der Waals surface area contributed by atoms with Gasteiger partial charge in [0.1, 0.15) is 0 Å². The molecule has 1 amide bonds. The van der Waals surface area contributed by atoms with Crippen molar-refractivity contribution >= 4 is 5.91 Å². The van der Waals surface area contributed by atoms with Crippen molar-refractivity contribution in [3.8, 4) is 0 Å². The zero-order chi connectivity index (χ0) is 13.8. The molecular weight excluding hydrogens is 238 g/mol. The zero-order valence-electron chi connectivity index (χ0n) is 12.4. The predicted octanol–water partition coefficient (Wildman–Crippen LogP) is 1.35. The first kappa shape index (κ1) is 14.8. The second kappa shape index (κ2) is 6.71. The van der Waals surface area contributed by atoms with Crippen LogP contribution < -0.4 is 11.1 Å². The second-order valence-electron chi connectivity index (χ2n) is 6.58. The van der Waals surface area contributed by atoms with Gasteiger partial charge in [-0.2, -0.15) is 0 Å². The van der Waals surface area contributed by atoms with Crippen LogP contribution in [0.1, 0.15) is 46.0 Å². The molecule has 2 aliphatic rings. The summed E-state index contributed by atoms with van der Waals surface area (Å²) in [5.41, 5.74) is 5.86. The third kappa shape index (κ3) is 4.18. The average Bonchev–Trinajstić information content (AvgIpc) is 2.83. The highest BCUT2D eigenvalue weighted by Gasteiger charge is 2.28. The van der Waals surface area contributed by atoms with Gasteiger partial charge in [0.15, 0.2) is 0 Å². The van der Waals surface area contributed by atoms with Crippen LogP contribution in [0, 0.1) is 11.8 Å². The first-order valence-electron chi connectivity index (χ1n) is 7.83. The van der Waals surface area contributed by atoms with E-state index in [0.29, 0.717) is 6.04 Å². The maximum absolute atomic E-state index is 12.0. The maximum Gasteiger partial charge on any atom is 0.223 e. The van der Waals surface area contributed by atoms with Crippen molar-refractivity contribution < 1.29 is 4.79 Å². The molecular formula is C15H29N3O. The SMILES string of the molecule is CC1CCN(C(C)CNC(=O)C2CCC(N)C2)CC1. The van der Waals surface area contributed by atoms with E-state index in [0.717, 1.165) is 31.7 Å². The molecule has 0 spiro atoms. The number of carbonyl (C=O) groups excluding carboxylic acids is 1. The highest BCUT2D eigenvalue weighted by atomic mass is 16.1. The summed E-state index contributed by atoms with van der Waals surface area (Å²) in [6.45, 7) is 7.67. The lowest BCUT2D eigenvalue weighted by Crippen LogP contribution is -2.46. The second-order valence-corrected chi connectivity index (χ2v) is 6.58. The molecule has 1 aliphatic heterocycles. The topological polar surface area (TPSA) is 58.4 Å². The molecule has 3 atom stereocenters. The maximum atomic E-state index is 12.0. The van der Waals surface area contributed by atoms with Crippen LogP contribution in [0.25, 0.3) is 0 Å². The lowest BCUT2D eigenvalue weighted by molar-refractivity contribution is -0.125. The summed E-state index contributed by atoms with van der Waals surface area (Å²) in [7, 11) is 0. The van der Waals surface area contributed by atoms with Crippen molar-refractivity contribution in [2.45, 2.75) is 58.0 Å². The Hall–Kier alpha value is -0.610. The molecule has 1 saturated carbocycles. The number of hydrogen-bond acceptors (Lipinski definition) is 3. The van der Waals surface area contributed by atoms with E-state index in [4.69, 9.17) is 5.73 Å². The first-order chi connectivity index (χ1) is 9.06. The molecule has 0 aromatic carbocycles. The van der Waals surface area contributed by atoms with Crippen LogP contribution in [-0.4, -0.2) is 42.5 Å². The molecule has 0 bridgehead atoms. The number of piperidine rings is 1. The Labute approximate surface area is 117 Å². The lowest BCUT2D eigenvalue weighted by atomic mass is 9.98. The Morgan fingerprint density at radius 1 is 1.32 bits per heavy atom. The summed E-state index contributed by atoms with van der Waals surface area (Å²) in [6.07, 6.45) is 5.40. The number of carbonyl (C=O) groups is 1. The van der Waals surface area contributed by atoms with Crippen molar-refractivity contribution in [2.75, 3.05) is 19.6 Å². The summed E-state index contributed by atoms with van der Waals surface area (Å²) in [6, 6.07) is 0.684. The molecule has 3 N–H and O–H groups in total. The number of nitrogens with one attached hydrogen (secondary N) is 1. The number of rotatable bonds is 4. The monoisotopic (exact) mass is 267 g/mol.